The minimum Gasteiger partial charge on any atom is -0.453 e. The number of hydrogen-bond acceptors (Lipinski definition) is 3. The molecule has 2 aromatic rings. The maximum atomic E-state index is 13.6. The Labute approximate surface area is 162 Å². The number of halogens is 1. The zero-order chi connectivity index (χ0) is 20.0. The Kier molecular flexibility index (Phi) is 7.14. The Balaban J connectivity index is 2.56. The van der Waals surface area contributed by atoms with Crippen molar-refractivity contribution in [2.45, 2.75) is 39.2 Å². The van der Waals surface area contributed by atoms with E-state index in [1.165, 1.54) is 17.7 Å². The minimum atomic E-state index is -0.861. The molecule has 2 rings (SSSR count). The first-order valence-electron chi connectivity index (χ1n) is 9.45. The van der Waals surface area contributed by atoms with Crippen LogP contribution in [0.25, 0.3) is 0 Å². The molecular formula is C23H30FNO2. The second-order valence-corrected chi connectivity index (χ2v) is 7.55. The van der Waals surface area contributed by atoms with Gasteiger partial charge in [-0.2, -0.15) is 0 Å². The van der Waals surface area contributed by atoms with Crippen molar-refractivity contribution in [2.75, 3.05) is 20.6 Å². The van der Waals surface area contributed by atoms with E-state index in [2.05, 4.69) is 36.1 Å². The molecular weight excluding hydrogens is 341 g/mol. The lowest BCUT2D eigenvalue weighted by atomic mass is 9.77. The molecule has 2 aromatic carbocycles. The van der Waals surface area contributed by atoms with E-state index in [0.717, 1.165) is 17.7 Å². The number of carbonyl (C=O) groups excluding carboxylic acids is 1. The van der Waals surface area contributed by atoms with Crippen molar-refractivity contribution in [1.82, 2.24) is 4.90 Å². The molecule has 2 atom stereocenters. The number of aryl methyl sites for hydroxylation is 1. The molecule has 4 heteroatoms. The van der Waals surface area contributed by atoms with E-state index in [1.54, 1.807) is 19.1 Å². The summed E-state index contributed by atoms with van der Waals surface area (Å²) in [5.41, 5.74) is 2.22. The summed E-state index contributed by atoms with van der Waals surface area (Å²) in [5.74, 6) is -0.545. The molecule has 0 aromatic heterocycles. The highest BCUT2D eigenvalue weighted by Crippen LogP contribution is 2.38. The van der Waals surface area contributed by atoms with Gasteiger partial charge in [-0.15, -0.1) is 0 Å². The van der Waals surface area contributed by atoms with Crippen LogP contribution in [0.2, 0.25) is 0 Å². The van der Waals surface area contributed by atoms with E-state index in [-0.39, 0.29) is 17.7 Å². The molecule has 3 nitrogen and oxygen atoms in total. The number of carbonyl (C=O) groups is 1. The summed E-state index contributed by atoms with van der Waals surface area (Å²) in [7, 11) is 4.00. The van der Waals surface area contributed by atoms with E-state index in [1.807, 2.05) is 21.0 Å². The average molecular weight is 371 g/mol. The van der Waals surface area contributed by atoms with Crippen LogP contribution >= 0.6 is 0 Å². The molecule has 146 valence electrons. The molecule has 0 N–H and O–H groups in total. The van der Waals surface area contributed by atoms with E-state index in [0.29, 0.717) is 12.8 Å². The van der Waals surface area contributed by atoms with Gasteiger partial charge in [-0.25, -0.2) is 4.39 Å². The molecule has 0 fully saturated rings. The Morgan fingerprint density at radius 1 is 1.11 bits per heavy atom. The number of hydrogen-bond donors (Lipinski definition) is 0. The topological polar surface area (TPSA) is 29.5 Å². The van der Waals surface area contributed by atoms with Crippen LogP contribution in [0.5, 0.6) is 0 Å². The normalized spacial score (nSPS) is 14.6. The van der Waals surface area contributed by atoms with Crippen molar-refractivity contribution in [3.05, 3.63) is 71.0 Å². The van der Waals surface area contributed by atoms with Crippen molar-refractivity contribution in [3.63, 3.8) is 0 Å². The first-order valence-corrected chi connectivity index (χ1v) is 9.45. The molecule has 0 bridgehead atoms. The highest BCUT2D eigenvalue weighted by molar-refractivity contribution is 5.69. The van der Waals surface area contributed by atoms with Crippen molar-refractivity contribution in [2.24, 2.45) is 5.92 Å². The van der Waals surface area contributed by atoms with Gasteiger partial charge >= 0.3 is 5.97 Å². The van der Waals surface area contributed by atoms with Crippen LogP contribution in [0.1, 0.15) is 37.0 Å². The van der Waals surface area contributed by atoms with Gasteiger partial charge in [0.05, 0.1) is 0 Å². The van der Waals surface area contributed by atoms with Gasteiger partial charge in [0.2, 0.25) is 0 Å². The molecule has 27 heavy (non-hydrogen) atoms. The SMILES string of the molecule is CCC(=O)O[C@](Cc1ccc(C)cc1)(c1ccc(F)cc1)[C@H](C)CN(C)C. The highest BCUT2D eigenvalue weighted by atomic mass is 19.1. The third-order valence-electron chi connectivity index (χ3n) is 4.94. The van der Waals surface area contributed by atoms with Crippen LogP contribution in [0.3, 0.4) is 0 Å². The Morgan fingerprint density at radius 2 is 1.70 bits per heavy atom. The molecule has 0 aliphatic heterocycles. The van der Waals surface area contributed by atoms with E-state index < -0.39 is 5.60 Å². The summed E-state index contributed by atoms with van der Waals surface area (Å²) in [6.07, 6.45) is 0.838. The van der Waals surface area contributed by atoms with E-state index in [9.17, 15) is 9.18 Å². The van der Waals surface area contributed by atoms with Crippen molar-refractivity contribution in [1.29, 1.82) is 0 Å². The maximum Gasteiger partial charge on any atom is 0.306 e. The molecule has 0 saturated carbocycles. The molecule has 0 spiro atoms. The van der Waals surface area contributed by atoms with E-state index in [4.69, 9.17) is 4.74 Å². The predicted molar refractivity (Wildman–Crippen MR) is 107 cm³/mol. The highest BCUT2D eigenvalue weighted by Gasteiger charge is 2.42. The van der Waals surface area contributed by atoms with Crippen LogP contribution < -0.4 is 0 Å². The largest absolute Gasteiger partial charge is 0.453 e. The third kappa shape index (κ3) is 5.39. The molecule has 0 radical (unpaired) electrons. The lowest BCUT2D eigenvalue weighted by Crippen LogP contribution is -2.44. The monoisotopic (exact) mass is 371 g/mol. The van der Waals surface area contributed by atoms with Crippen LogP contribution in [0, 0.1) is 18.7 Å². The zero-order valence-corrected chi connectivity index (χ0v) is 17.0. The molecule has 0 saturated heterocycles. The summed E-state index contributed by atoms with van der Waals surface area (Å²) in [4.78, 5) is 14.5. The zero-order valence-electron chi connectivity index (χ0n) is 17.0. The van der Waals surface area contributed by atoms with Gasteiger partial charge in [-0.1, -0.05) is 55.8 Å². The van der Waals surface area contributed by atoms with Crippen molar-refractivity contribution < 1.29 is 13.9 Å². The first-order chi connectivity index (χ1) is 12.8. The fraction of sp³-hybridized carbons (Fsp3) is 0.435. The van der Waals surface area contributed by atoms with Crippen molar-refractivity contribution in [3.8, 4) is 0 Å². The smallest absolute Gasteiger partial charge is 0.306 e. The number of ether oxygens (including phenoxy) is 1. The molecule has 0 aliphatic rings. The van der Waals surface area contributed by atoms with Crippen LogP contribution in [-0.2, 0) is 21.6 Å². The number of benzene rings is 2. The minimum absolute atomic E-state index is 0.00904. The fourth-order valence-corrected chi connectivity index (χ4v) is 3.47. The summed E-state index contributed by atoms with van der Waals surface area (Å²) in [6, 6.07) is 14.6. The van der Waals surface area contributed by atoms with Gasteiger partial charge in [0.15, 0.2) is 0 Å². The van der Waals surface area contributed by atoms with Gasteiger partial charge < -0.3 is 9.64 Å². The molecule has 0 amide bonds. The summed E-state index contributed by atoms with van der Waals surface area (Å²) in [6.45, 7) is 6.66. The molecule has 0 aliphatic carbocycles. The lowest BCUT2D eigenvalue weighted by Gasteiger charge is -2.40. The van der Waals surface area contributed by atoms with Crippen LogP contribution in [-0.4, -0.2) is 31.5 Å². The van der Waals surface area contributed by atoms with Gasteiger partial charge in [-0.05, 0) is 44.3 Å². The second kappa shape index (κ2) is 9.14. The summed E-state index contributed by atoms with van der Waals surface area (Å²) in [5, 5.41) is 0. The summed E-state index contributed by atoms with van der Waals surface area (Å²) < 4.78 is 19.7. The van der Waals surface area contributed by atoms with Crippen molar-refractivity contribution >= 4 is 5.97 Å². The van der Waals surface area contributed by atoms with Crippen LogP contribution in [0.4, 0.5) is 4.39 Å². The van der Waals surface area contributed by atoms with E-state index >= 15 is 0 Å². The molecule has 0 unspecified atom stereocenters. The van der Waals surface area contributed by atoms with Gasteiger partial charge in [0, 0.05) is 25.3 Å². The Morgan fingerprint density at radius 3 is 2.22 bits per heavy atom. The first kappa shape index (κ1) is 21.1. The standard InChI is InChI=1S/C23H30FNO2/c1-6-22(26)27-23(18(3)16-25(4)5,20-11-13-21(24)14-12-20)15-19-9-7-17(2)8-10-19/h7-14,18H,6,15-16H2,1-5H3/t18-,23+/m1/s1. The third-order valence-corrected chi connectivity index (χ3v) is 4.94. The maximum absolute atomic E-state index is 13.6. The quantitative estimate of drug-likeness (QED) is 0.629. The number of nitrogens with zero attached hydrogens (tertiary/aromatic N) is 1. The van der Waals surface area contributed by atoms with Crippen LogP contribution in [0.15, 0.2) is 48.5 Å². The number of rotatable bonds is 8. The Bertz CT molecular complexity index is 740. The second-order valence-electron chi connectivity index (χ2n) is 7.55. The lowest BCUT2D eigenvalue weighted by molar-refractivity contribution is -0.168. The summed E-state index contributed by atoms with van der Waals surface area (Å²) >= 11 is 0. The predicted octanol–water partition coefficient (Wildman–Crippen LogP) is 4.72. The molecule has 0 heterocycles. The number of esters is 1. The Hall–Kier alpha value is -2.20. The van der Waals surface area contributed by atoms with Gasteiger partial charge in [0.1, 0.15) is 11.4 Å². The average Bonchev–Trinajstić information content (AvgIpc) is 2.62. The van der Waals surface area contributed by atoms with Gasteiger partial charge in [0.25, 0.3) is 0 Å². The van der Waals surface area contributed by atoms with Gasteiger partial charge in [-0.3, -0.25) is 4.79 Å². The fourth-order valence-electron chi connectivity index (χ4n) is 3.47.